The van der Waals surface area contributed by atoms with Gasteiger partial charge in [0, 0.05) is 5.46 Å². The Kier molecular flexibility index (Phi) is 2.85. The summed E-state index contributed by atoms with van der Waals surface area (Å²) in [6, 6.07) is 9.55. The van der Waals surface area contributed by atoms with Crippen molar-refractivity contribution in [2.45, 2.75) is 6.92 Å². The molecule has 0 aliphatic rings. The zero-order valence-corrected chi connectivity index (χ0v) is 9.27. The molecular weight excluding hydrogens is 203 g/mol. The molecule has 0 heterocycles. The first-order valence-electron chi connectivity index (χ1n) is 5.07. The van der Waals surface area contributed by atoms with Crippen molar-refractivity contribution in [3.05, 3.63) is 35.9 Å². The largest absolute Gasteiger partial charge is 0.497 e. The molecule has 0 radical (unpaired) electrons. The lowest BCUT2D eigenvalue weighted by Gasteiger charge is -2.14. The lowest BCUT2D eigenvalue weighted by atomic mass is 9.75. The molecule has 0 aromatic heterocycles. The lowest BCUT2D eigenvalue weighted by molar-refractivity contribution is 0.402. The van der Waals surface area contributed by atoms with Crippen LogP contribution < -0.4 is 10.2 Å². The number of rotatable bonds is 2. The molecule has 0 amide bonds. The van der Waals surface area contributed by atoms with Crippen LogP contribution in [-0.4, -0.2) is 24.3 Å². The zero-order valence-electron chi connectivity index (χ0n) is 9.27. The number of hydrogen-bond donors (Lipinski definition) is 2. The minimum atomic E-state index is -1.53. The number of benzene rings is 2. The highest BCUT2D eigenvalue weighted by atomic mass is 16.5. The van der Waals surface area contributed by atoms with E-state index >= 15 is 0 Å². The Morgan fingerprint density at radius 2 is 1.88 bits per heavy atom. The molecule has 0 spiro atoms. The van der Waals surface area contributed by atoms with Crippen LogP contribution in [0.15, 0.2) is 30.3 Å². The molecule has 2 aromatic carbocycles. The van der Waals surface area contributed by atoms with Gasteiger partial charge in [0.05, 0.1) is 7.11 Å². The van der Waals surface area contributed by atoms with Crippen LogP contribution in [0.1, 0.15) is 5.56 Å². The van der Waals surface area contributed by atoms with Gasteiger partial charge in [-0.1, -0.05) is 24.3 Å². The normalized spacial score (nSPS) is 10.5. The van der Waals surface area contributed by atoms with Gasteiger partial charge in [-0.2, -0.15) is 0 Å². The Morgan fingerprint density at radius 3 is 2.50 bits per heavy atom. The van der Waals surface area contributed by atoms with Crippen LogP contribution in [0.4, 0.5) is 0 Å². The molecule has 0 aliphatic carbocycles. The third kappa shape index (κ3) is 1.66. The van der Waals surface area contributed by atoms with E-state index in [0.717, 1.165) is 16.3 Å². The summed E-state index contributed by atoms with van der Waals surface area (Å²) in [5, 5.41) is 20.6. The van der Waals surface area contributed by atoms with Crippen LogP contribution in [0.5, 0.6) is 5.75 Å². The summed E-state index contributed by atoms with van der Waals surface area (Å²) in [7, 11) is 0.00273. The van der Waals surface area contributed by atoms with Gasteiger partial charge in [0.1, 0.15) is 5.75 Å². The van der Waals surface area contributed by atoms with E-state index in [1.165, 1.54) is 7.11 Å². The first-order valence-corrected chi connectivity index (χ1v) is 5.07. The number of aryl methyl sites for hydroxylation is 1. The second kappa shape index (κ2) is 4.16. The average molecular weight is 216 g/mol. The summed E-state index contributed by atoms with van der Waals surface area (Å²) < 4.78 is 5.23. The number of methoxy groups -OCH3 is 1. The fourth-order valence-electron chi connectivity index (χ4n) is 2.03. The first kappa shape index (κ1) is 11.0. The van der Waals surface area contributed by atoms with E-state index in [2.05, 4.69) is 0 Å². The average Bonchev–Trinajstić information content (AvgIpc) is 2.26. The topological polar surface area (TPSA) is 49.7 Å². The molecule has 0 fully saturated rings. The van der Waals surface area contributed by atoms with Gasteiger partial charge < -0.3 is 14.8 Å². The van der Waals surface area contributed by atoms with E-state index < -0.39 is 7.12 Å². The molecule has 2 aromatic rings. The lowest BCUT2D eigenvalue weighted by Crippen LogP contribution is -2.32. The van der Waals surface area contributed by atoms with Gasteiger partial charge >= 0.3 is 7.12 Å². The third-order valence-corrected chi connectivity index (χ3v) is 2.69. The smallest absolute Gasteiger partial charge is 0.492 e. The van der Waals surface area contributed by atoms with Crippen LogP contribution in [0.3, 0.4) is 0 Å². The Balaban J connectivity index is 2.87. The molecule has 0 saturated carbocycles. The van der Waals surface area contributed by atoms with Gasteiger partial charge in [-0.05, 0) is 29.3 Å². The summed E-state index contributed by atoms with van der Waals surface area (Å²) in [4.78, 5) is 0. The van der Waals surface area contributed by atoms with Gasteiger partial charge in [-0.15, -0.1) is 0 Å². The molecule has 3 nitrogen and oxygen atoms in total. The second-order valence-electron chi connectivity index (χ2n) is 3.74. The van der Waals surface area contributed by atoms with E-state index in [0.29, 0.717) is 11.2 Å². The van der Waals surface area contributed by atoms with Crippen molar-refractivity contribution in [2.24, 2.45) is 0 Å². The maximum absolute atomic E-state index is 9.43. The Labute approximate surface area is 94.4 Å². The Bertz CT molecular complexity index is 523. The number of hydrogen-bond acceptors (Lipinski definition) is 3. The fraction of sp³-hybridized carbons (Fsp3) is 0.167. The molecule has 82 valence electrons. The maximum atomic E-state index is 9.43. The summed E-state index contributed by atoms with van der Waals surface area (Å²) in [5.74, 6) is 0.536. The van der Waals surface area contributed by atoms with Crippen LogP contribution >= 0.6 is 0 Å². The number of ether oxygens (including phenoxy) is 1. The van der Waals surface area contributed by atoms with Gasteiger partial charge in [0.25, 0.3) is 0 Å². The third-order valence-electron chi connectivity index (χ3n) is 2.69. The van der Waals surface area contributed by atoms with Crippen molar-refractivity contribution in [3.8, 4) is 5.75 Å². The first-order chi connectivity index (χ1) is 7.65. The molecule has 0 saturated heterocycles. The minimum absolute atomic E-state index is 0.429. The zero-order chi connectivity index (χ0) is 11.7. The fourth-order valence-corrected chi connectivity index (χ4v) is 2.03. The minimum Gasteiger partial charge on any atom is -0.497 e. The molecule has 16 heavy (non-hydrogen) atoms. The molecule has 2 N–H and O–H groups in total. The van der Waals surface area contributed by atoms with E-state index in [1.807, 2.05) is 37.3 Å². The van der Waals surface area contributed by atoms with Crippen LogP contribution in [-0.2, 0) is 0 Å². The van der Waals surface area contributed by atoms with E-state index in [1.54, 1.807) is 0 Å². The quantitative estimate of drug-likeness (QED) is 0.731. The van der Waals surface area contributed by atoms with Crippen molar-refractivity contribution in [2.75, 3.05) is 7.11 Å². The Hall–Kier alpha value is -1.52. The molecule has 0 bridgehead atoms. The highest BCUT2D eigenvalue weighted by molar-refractivity contribution is 6.63. The van der Waals surface area contributed by atoms with Crippen molar-refractivity contribution in [3.63, 3.8) is 0 Å². The van der Waals surface area contributed by atoms with Gasteiger partial charge in [-0.25, -0.2) is 0 Å². The van der Waals surface area contributed by atoms with Crippen molar-refractivity contribution < 1.29 is 14.8 Å². The molecular formula is C12H13BO3. The molecule has 0 aliphatic heterocycles. The van der Waals surface area contributed by atoms with Gasteiger partial charge in [-0.3, -0.25) is 0 Å². The van der Waals surface area contributed by atoms with Crippen LogP contribution in [0.2, 0.25) is 0 Å². The van der Waals surface area contributed by atoms with Crippen molar-refractivity contribution >= 4 is 23.4 Å². The summed E-state index contributed by atoms with van der Waals surface area (Å²) in [6.07, 6.45) is 0. The second-order valence-corrected chi connectivity index (χ2v) is 3.74. The van der Waals surface area contributed by atoms with Crippen LogP contribution in [0.25, 0.3) is 10.8 Å². The molecule has 0 atom stereocenters. The Morgan fingerprint density at radius 1 is 1.19 bits per heavy atom. The summed E-state index contributed by atoms with van der Waals surface area (Å²) in [6.45, 7) is 1.89. The number of fused-ring (bicyclic) bond motifs is 1. The highest BCUT2D eigenvalue weighted by Crippen LogP contribution is 2.23. The molecule has 0 unspecified atom stereocenters. The molecule has 4 heteroatoms. The maximum Gasteiger partial charge on any atom is 0.492 e. The predicted octanol–water partition coefficient (Wildman–Crippen LogP) is 0.837. The van der Waals surface area contributed by atoms with Gasteiger partial charge in [0.15, 0.2) is 0 Å². The van der Waals surface area contributed by atoms with Crippen LogP contribution in [0, 0.1) is 6.92 Å². The summed E-state index contributed by atoms with van der Waals surface area (Å²) in [5.41, 5.74) is 1.32. The van der Waals surface area contributed by atoms with E-state index in [9.17, 15) is 10.0 Å². The SMILES string of the molecule is COc1c(C)cc2ccccc2c1B(O)O. The predicted molar refractivity (Wildman–Crippen MR) is 65.1 cm³/mol. The van der Waals surface area contributed by atoms with E-state index in [4.69, 9.17) is 4.74 Å². The highest BCUT2D eigenvalue weighted by Gasteiger charge is 2.21. The molecule has 2 rings (SSSR count). The summed E-state index contributed by atoms with van der Waals surface area (Å²) >= 11 is 0. The monoisotopic (exact) mass is 216 g/mol. The van der Waals surface area contributed by atoms with Gasteiger partial charge in [0.2, 0.25) is 0 Å². The standard InChI is InChI=1S/C12H13BO3/c1-8-7-9-5-3-4-6-10(9)11(13(14)15)12(8)16-2/h3-7,14-15H,1-2H3. The van der Waals surface area contributed by atoms with Crippen molar-refractivity contribution in [1.82, 2.24) is 0 Å². The van der Waals surface area contributed by atoms with Crippen molar-refractivity contribution in [1.29, 1.82) is 0 Å². The van der Waals surface area contributed by atoms with E-state index in [-0.39, 0.29) is 0 Å².